The Bertz CT molecular complexity index is 935. The fraction of sp³-hybridized carbons (Fsp3) is 0.868. The highest BCUT2D eigenvalue weighted by molar-refractivity contribution is 5.80. The molecule has 6 heteroatoms. The van der Waals surface area contributed by atoms with Gasteiger partial charge in [-0.05, 0) is 77.0 Å². The van der Waals surface area contributed by atoms with Gasteiger partial charge in [-0.1, -0.05) is 224 Å². The third-order valence-electron chi connectivity index (χ3n) is 12.1. The van der Waals surface area contributed by atoms with Crippen molar-refractivity contribution in [3.63, 3.8) is 0 Å². The van der Waals surface area contributed by atoms with E-state index in [0.717, 1.165) is 51.4 Å². The second kappa shape index (κ2) is 47.6. The molecule has 0 rings (SSSR count). The fourth-order valence-corrected chi connectivity index (χ4v) is 7.95. The second-order valence-electron chi connectivity index (χ2n) is 17.8. The molecule has 5 N–H and O–H groups in total. The van der Waals surface area contributed by atoms with Gasteiger partial charge in [0.05, 0.1) is 18.8 Å². The summed E-state index contributed by atoms with van der Waals surface area (Å²) >= 11 is 0. The van der Waals surface area contributed by atoms with Crippen LogP contribution in [0.2, 0.25) is 0 Å². The van der Waals surface area contributed by atoms with Crippen molar-refractivity contribution in [2.45, 2.75) is 289 Å². The van der Waals surface area contributed by atoms with E-state index in [0.29, 0.717) is 19.3 Å². The minimum Gasteiger partial charge on any atom is -0.394 e. The van der Waals surface area contributed by atoms with Crippen LogP contribution in [0.1, 0.15) is 264 Å². The van der Waals surface area contributed by atoms with E-state index in [-0.39, 0.29) is 0 Å². The molecule has 59 heavy (non-hydrogen) atoms. The summed E-state index contributed by atoms with van der Waals surface area (Å²) in [6, 6.07) is -1.01. The standard InChI is InChI=1S/C53H101NO5/c1-3-5-7-9-11-13-15-17-19-21-22-23-24-25-26-27-28-29-30-31-33-34-36-38-40-42-44-46-50(56)52(58)49(48-55)54-53(59)51(57)47-45-43-41-39-37-35-32-20-18-16-14-12-10-8-6-4-2/h18,20,31,33,38,40,49-52,55-58H,3-17,19,21-30,32,34-37,39,41-48H2,1-2H3,(H,54,59)/b20-18-,33-31+,40-38+. The number of aliphatic hydroxyl groups excluding tert-OH is 4. The molecule has 0 aliphatic carbocycles. The molecule has 6 nitrogen and oxygen atoms in total. The quantitative estimate of drug-likeness (QED) is 0.0310. The number of carbonyl (C=O) groups is 1. The minimum atomic E-state index is -1.29. The molecule has 0 aliphatic rings. The zero-order chi connectivity index (χ0) is 43.1. The summed E-state index contributed by atoms with van der Waals surface area (Å²) in [7, 11) is 0. The van der Waals surface area contributed by atoms with Crippen molar-refractivity contribution in [2.75, 3.05) is 6.61 Å². The largest absolute Gasteiger partial charge is 0.394 e. The highest BCUT2D eigenvalue weighted by Crippen LogP contribution is 2.16. The number of hydrogen-bond acceptors (Lipinski definition) is 5. The Hall–Kier alpha value is -1.47. The summed E-state index contributed by atoms with van der Waals surface area (Å²) in [5.41, 5.74) is 0. The van der Waals surface area contributed by atoms with Crippen LogP contribution in [0.25, 0.3) is 0 Å². The maximum absolute atomic E-state index is 12.5. The molecule has 4 atom stereocenters. The summed E-state index contributed by atoms with van der Waals surface area (Å²) in [6.07, 6.45) is 57.7. The molecular formula is C53H101NO5. The first-order chi connectivity index (χ1) is 29.0. The van der Waals surface area contributed by atoms with Gasteiger partial charge in [-0.15, -0.1) is 0 Å². The lowest BCUT2D eigenvalue weighted by molar-refractivity contribution is -0.132. The zero-order valence-corrected chi connectivity index (χ0v) is 39.3. The molecule has 1 amide bonds. The van der Waals surface area contributed by atoms with Gasteiger partial charge < -0.3 is 25.7 Å². The van der Waals surface area contributed by atoms with Crippen molar-refractivity contribution in [3.8, 4) is 0 Å². The summed E-state index contributed by atoms with van der Waals surface area (Å²) < 4.78 is 0. The van der Waals surface area contributed by atoms with Gasteiger partial charge in [0.15, 0.2) is 0 Å². The molecule has 0 heterocycles. The van der Waals surface area contributed by atoms with Gasteiger partial charge in [0, 0.05) is 0 Å². The van der Waals surface area contributed by atoms with E-state index < -0.39 is 36.9 Å². The lowest BCUT2D eigenvalue weighted by Gasteiger charge is -2.27. The number of nitrogens with one attached hydrogen (secondary N) is 1. The van der Waals surface area contributed by atoms with Gasteiger partial charge in [0.25, 0.3) is 0 Å². The molecule has 0 aromatic rings. The maximum Gasteiger partial charge on any atom is 0.249 e. The molecular weight excluding hydrogens is 731 g/mol. The molecule has 0 aromatic heterocycles. The van der Waals surface area contributed by atoms with Gasteiger partial charge in [0.2, 0.25) is 5.91 Å². The molecule has 348 valence electrons. The minimum absolute atomic E-state index is 0.353. The average Bonchev–Trinajstić information content (AvgIpc) is 3.24. The summed E-state index contributed by atoms with van der Waals surface area (Å²) in [6.45, 7) is 4.05. The Morgan fingerprint density at radius 1 is 0.407 bits per heavy atom. The first kappa shape index (κ1) is 57.5. The van der Waals surface area contributed by atoms with Crippen molar-refractivity contribution >= 4 is 5.91 Å². The van der Waals surface area contributed by atoms with Crippen molar-refractivity contribution in [2.24, 2.45) is 0 Å². The summed E-state index contributed by atoms with van der Waals surface area (Å²) in [5, 5.41) is 43.8. The molecule has 0 fully saturated rings. The van der Waals surface area contributed by atoms with Gasteiger partial charge in [-0.2, -0.15) is 0 Å². The van der Waals surface area contributed by atoms with Gasteiger partial charge in [-0.25, -0.2) is 0 Å². The normalized spacial score (nSPS) is 14.2. The van der Waals surface area contributed by atoms with E-state index in [4.69, 9.17) is 0 Å². The van der Waals surface area contributed by atoms with E-state index in [1.165, 1.54) is 180 Å². The third-order valence-corrected chi connectivity index (χ3v) is 12.1. The van der Waals surface area contributed by atoms with Crippen LogP contribution in [-0.2, 0) is 4.79 Å². The molecule has 0 radical (unpaired) electrons. The van der Waals surface area contributed by atoms with Gasteiger partial charge in [0.1, 0.15) is 12.2 Å². The van der Waals surface area contributed by atoms with Gasteiger partial charge in [-0.3, -0.25) is 4.79 Å². The maximum atomic E-state index is 12.5. The molecule has 0 saturated carbocycles. The van der Waals surface area contributed by atoms with Crippen LogP contribution in [0.3, 0.4) is 0 Å². The van der Waals surface area contributed by atoms with Crippen LogP contribution in [0, 0.1) is 0 Å². The Labute approximate surface area is 367 Å². The second-order valence-corrected chi connectivity index (χ2v) is 17.8. The third kappa shape index (κ3) is 41.6. The number of unbranched alkanes of at least 4 members (excludes halogenated alkanes) is 32. The number of carbonyl (C=O) groups excluding carboxylic acids is 1. The lowest BCUT2D eigenvalue weighted by atomic mass is 10.00. The van der Waals surface area contributed by atoms with Crippen LogP contribution in [0.5, 0.6) is 0 Å². The molecule has 0 bridgehead atoms. The number of rotatable bonds is 47. The van der Waals surface area contributed by atoms with E-state index in [9.17, 15) is 25.2 Å². The summed E-state index contributed by atoms with van der Waals surface area (Å²) in [5.74, 6) is -0.601. The van der Waals surface area contributed by atoms with Crippen LogP contribution in [0.4, 0.5) is 0 Å². The van der Waals surface area contributed by atoms with E-state index in [1.54, 1.807) is 0 Å². The number of allylic oxidation sites excluding steroid dienone is 6. The summed E-state index contributed by atoms with van der Waals surface area (Å²) in [4.78, 5) is 12.5. The monoisotopic (exact) mass is 832 g/mol. The Morgan fingerprint density at radius 2 is 0.712 bits per heavy atom. The number of amides is 1. The van der Waals surface area contributed by atoms with Crippen LogP contribution >= 0.6 is 0 Å². The predicted molar refractivity (Wildman–Crippen MR) is 256 cm³/mol. The van der Waals surface area contributed by atoms with Gasteiger partial charge >= 0.3 is 0 Å². The first-order valence-corrected chi connectivity index (χ1v) is 25.9. The SMILES string of the molecule is CCCCCCCC/C=C\CCCCCCCCC(O)C(=O)NC(CO)C(O)C(O)CCC/C=C/CC/C=C/CCCCCCCCCCCCCCCCCCCC. The Kier molecular flexibility index (Phi) is 46.4. The number of hydrogen-bond donors (Lipinski definition) is 5. The predicted octanol–water partition coefficient (Wildman–Crippen LogP) is 14.5. The van der Waals surface area contributed by atoms with Crippen molar-refractivity contribution in [1.82, 2.24) is 5.32 Å². The Morgan fingerprint density at radius 3 is 1.07 bits per heavy atom. The van der Waals surface area contributed by atoms with Crippen molar-refractivity contribution in [1.29, 1.82) is 0 Å². The first-order valence-electron chi connectivity index (χ1n) is 25.9. The molecule has 0 saturated heterocycles. The number of aliphatic hydroxyl groups is 4. The molecule has 0 aromatic carbocycles. The van der Waals surface area contributed by atoms with Crippen LogP contribution < -0.4 is 5.32 Å². The highest BCUT2D eigenvalue weighted by Gasteiger charge is 2.28. The van der Waals surface area contributed by atoms with Crippen LogP contribution in [0.15, 0.2) is 36.5 Å². The molecule has 0 spiro atoms. The van der Waals surface area contributed by atoms with E-state index in [1.807, 2.05) is 0 Å². The average molecular weight is 832 g/mol. The van der Waals surface area contributed by atoms with E-state index in [2.05, 4.69) is 55.6 Å². The molecule has 0 aliphatic heterocycles. The van der Waals surface area contributed by atoms with Crippen molar-refractivity contribution in [3.05, 3.63) is 36.5 Å². The topological polar surface area (TPSA) is 110 Å². The smallest absolute Gasteiger partial charge is 0.249 e. The Balaban J connectivity index is 3.71. The lowest BCUT2D eigenvalue weighted by Crippen LogP contribution is -2.53. The zero-order valence-electron chi connectivity index (χ0n) is 39.3. The highest BCUT2D eigenvalue weighted by atomic mass is 16.3. The molecule has 4 unspecified atom stereocenters. The van der Waals surface area contributed by atoms with Crippen molar-refractivity contribution < 1.29 is 25.2 Å². The fourth-order valence-electron chi connectivity index (χ4n) is 7.95. The van der Waals surface area contributed by atoms with Crippen LogP contribution in [-0.4, -0.2) is 57.3 Å². The van der Waals surface area contributed by atoms with E-state index >= 15 is 0 Å².